The zero-order valence-electron chi connectivity index (χ0n) is 10.4. The van der Waals surface area contributed by atoms with Crippen molar-refractivity contribution in [3.63, 3.8) is 0 Å². The van der Waals surface area contributed by atoms with Gasteiger partial charge in [0, 0.05) is 6.54 Å². The standard InChI is InChI=1S/C4H11NO.5CH3.2Al/c1-4(2,6)3-5;;;;;;;/h6H,3,5H2,1-2H3;5*1H3;;/q;5*-1;2*+3. The average Bonchev–Trinajstić information content (AvgIpc) is 1.35. The van der Waals surface area contributed by atoms with Crippen molar-refractivity contribution in [2.45, 2.75) is 19.4 Å². The van der Waals surface area contributed by atoms with E-state index in [9.17, 15) is 0 Å². The van der Waals surface area contributed by atoms with E-state index in [0.29, 0.717) is 6.54 Å². The molecule has 0 aliphatic heterocycles. The second-order valence-electron chi connectivity index (χ2n) is 2.02. The number of hydrogen-bond acceptors (Lipinski definition) is 2. The van der Waals surface area contributed by atoms with Crippen LogP contribution in [0.3, 0.4) is 0 Å². The second kappa shape index (κ2) is 29.3. The van der Waals surface area contributed by atoms with E-state index < -0.39 is 5.60 Å². The molecule has 0 spiro atoms. The van der Waals surface area contributed by atoms with Gasteiger partial charge in [-0.2, -0.15) is 0 Å². The fourth-order valence-corrected chi connectivity index (χ4v) is 0. The first kappa shape index (κ1) is 65.8. The fraction of sp³-hybridized carbons (Fsp3) is 0.444. The summed E-state index contributed by atoms with van der Waals surface area (Å²) < 4.78 is 0. The van der Waals surface area contributed by atoms with E-state index in [2.05, 4.69) is 0 Å². The van der Waals surface area contributed by atoms with Gasteiger partial charge >= 0.3 is 34.7 Å². The quantitative estimate of drug-likeness (QED) is 0.513. The van der Waals surface area contributed by atoms with Gasteiger partial charge in [0.05, 0.1) is 5.60 Å². The van der Waals surface area contributed by atoms with Crippen LogP contribution in [-0.2, 0) is 0 Å². The Hall–Kier alpha value is 0.985. The molecule has 0 heterocycles. The third-order valence-corrected chi connectivity index (χ3v) is 0.500. The maximum atomic E-state index is 8.70. The normalized spacial score (nSPS) is 5.54. The molecule has 0 aromatic heterocycles. The van der Waals surface area contributed by atoms with Crippen molar-refractivity contribution in [1.82, 2.24) is 0 Å². The van der Waals surface area contributed by atoms with Crippen LogP contribution in [0.5, 0.6) is 0 Å². The van der Waals surface area contributed by atoms with Crippen molar-refractivity contribution >= 4 is 34.7 Å². The minimum Gasteiger partial charge on any atom is -0.389 e. The molecule has 3 N–H and O–H groups in total. The predicted molar refractivity (Wildman–Crippen MR) is 68.9 cm³/mol. The Morgan fingerprint density at radius 3 is 1.00 bits per heavy atom. The van der Waals surface area contributed by atoms with E-state index >= 15 is 0 Å². The van der Waals surface area contributed by atoms with Gasteiger partial charge in [-0.15, -0.1) is 0 Å². The molecular formula is C9H26Al2NO+. The van der Waals surface area contributed by atoms with Crippen LogP contribution in [-0.4, -0.2) is 52.0 Å². The van der Waals surface area contributed by atoms with E-state index in [1.807, 2.05) is 0 Å². The van der Waals surface area contributed by atoms with Gasteiger partial charge in [0.15, 0.2) is 0 Å². The van der Waals surface area contributed by atoms with Gasteiger partial charge < -0.3 is 48.0 Å². The van der Waals surface area contributed by atoms with Crippen LogP contribution in [0.1, 0.15) is 13.8 Å². The third-order valence-electron chi connectivity index (χ3n) is 0.500. The van der Waals surface area contributed by atoms with Crippen molar-refractivity contribution in [2.75, 3.05) is 6.54 Å². The molecule has 4 heteroatoms. The van der Waals surface area contributed by atoms with Gasteiger partial charge in [-0.1, -0.05) is 0 Å². The summed E-state index contributed by atoms with van der Waals surface area (Å²) in [7, 11) is 0. The zero-order valence-corrected chi connectivity index (χ0v) is 12.7. The van der Waals surface area contributed by atoms with Crippen molar-refractivity contribution in [3.8, 4) is 0 Å². The van der Waals surface area contributed by atoms with Crippen LogP contribution in [0, 0.1) is 37.1 Å². The van der Waals surface area contributed by atoms with Crippen LogP contribution in [0.15, 0.2) is 0 Å². The molecule has 13 heavy (non-hydrogen) atoms. The maximum Gasteiger partial charge on any atom is 3.00 e. The molecule has 0 fully saturated rings. The minimum absolute atomic E-state index is 0. The van der Waals surface area contributed by atoms with Gasteiger partial charge in [-0.05, 0) is 13.8 Å². The first-order valence-electron chi connectivity index (χ1n) is 1.99. The summed E-state index contributed by atoms with van der Waals surface area (Å²) in [6, 6.07) is 0. The Bertz CT molecular complexity index is 47.4. The van der Waals surface area contributed by atoms with E-state index in [-0.39, 0.29) is 71.9 Å². The summed E-state index contributed by atoms with van der Waals surface area (Å²) in [6.45, 7) is 3.67. The summed E-state index contributed by atoms with van der Waals surface area (Å²) in [5.74, 6) is 0. The predicted octanol–water partition coefficient (Wildman–Crippen LogP) is 1.21. The van der Waals surface area contributed by atoms with Crippen LogP contribution in [0.2, 0.25) is 0 Å². The fourth-order valence-electron chi connectivity index (χ4n) is 0. The Labute approximate surface area is 109 Å². The van der Waals surface area contributed by atoms with E-state index in [1.165, 1.54) is 0 Å². The van der Waals surface area contributed by atoms with E-state index in [0.717, 1.165) is 0 Å². The molecule has 0 bridgehead atoms. The maximum absolute atomic E-state index is 8.70. The zero-order chi connectivity index (χ0) is 5.21. The molecule has 0 saturated heterocycles. The molecular weight excluding hydrogens is 192 g/mol. The van der Waals surface area contributed by atoms with Gasteiger partial charge in [0.25, 0.3) is 0 Å². The van der Waals surface area contributed by atoms with Crippen LogP contribution >= 0.6 is 0 Å². The number of rotatable bonds is 1. The molecule has 78 valence electrons. The summed E-state index contributed by atoms with van der Waals surface area (Å²) in [6.07, 6.45) is 0. The molecule has 0 unspecified atom stereocenters. The van der Waals surface area contributed by atoms with Crippen LogP contribution in [0.25, 0.3) is 0 Å². The molecule has 2 nitrogen and oxygen atoms in total. The second-order valence-corrected chi connectivity index (χ2v) is 2.02. The van der Waals surface area contributed by atoms with Crippen molar-refractivity contribution in [3.05, 3.63) is 37.1 Å². The van der Waals surface area contributed by atoms with Crippen LogP contribution in [0.4, 0.5) is 0 Å². The number of aliphatic hydroxyl groups is 1. The summed E-state index contributed by atoms with van der Waals surface area (Å²) in [5.41, 5.74) is 4.38. The molecule has 0 amide bonds. The van der Waals surface area contributed by atoms with E-state index in [4.69, 9.17) is 10.8 Å². The first-order chi connectivity index (χ1) is 2.56. The number of nitrogens with two attached hydrogens (primary N) is 1. The minimum atomic E-state index is -0.681. The van der Waals surface area contributed by atoms with Crippen molar-refractivity contribution in [1.29, 1.82) is 0 Å². The molecule has 0 aromatic carbocycles. The SMILES string of the molecule is CC(C)(O)CN.[Al+3].[Al+3].[CH3-].[CH3-].[CH3-].[CH3-].[CH3-]. The Kier molecular flexibility index (Phi) is 148. The molecule has 0 saturated carbocycles. The molecule has 0 aliphatic rings. The van der Waals surface area contributed by atoms with Crippen LogP contribution < -0.4 is 5.73 Å². The molecule has 0 atom stereocenters. The topological polar surface area (TPSA) is 46.2 Å². The van der Waals surface area contributed by atoms with Gasteiger partial charge in [0.2, 0.25) is 0 Å². The summed E-state index contributed by atoms with van der Waals surface area (Å²) in [4.78, 5) is 0. The molecule has 0 rings (SSSR count). The third kappa shape index (κ3) is 98.7. The largest absolute Gasteiger partial charge is 3.00 e. The van der Waals surface area contributed by atoms with E-state index in [1.54, 1.807) is 13.8 Å². The molecule has 0 radical (unpaired) electrons. The summed E-state index contributed by atoms with van der Waals surface area (Å²) >= 11 is 0. The Balaban J connectivity index is -0.00000000595. The van der Waals surface area contributed by atoms with Gasteiger partial charge in [-0.3, -0.25) is 0 Å². The number of hydrogen-bond donors (Lipinski definition) is 2. The monoisotopic (exact) mass is 218 g/mol. The van der Waals surface area contributed by atoms with Crippen molar-refractivity contribution in [2.24, 2.45) is 5.73 Å². The van der Waals surface area contributed by atoms with Crippen molar-refractivity contribution < 1.29 is 5.11 Å². The average molecular weight is 218 g/mol. The van der Waals surface area contributed by atoms with Gasteiger partial charge in [0.1, 0.15) is 0 Å². The van der Waals surface area contributed by atoms with Gasteiger partial charge in [-0.25, -0.2) is 0 Å². The molecule has 0 aromatic rings. The smallest absolute Gasteiger partial charge is 0.389 e. The summed E-state index contributed by atoms with van der Waals surface area (Å²) in [5, 5.41) is 8.70. The molecule has 0 aliphatic carbocycles. The Morgan fingerprint density at radius 2 is 1.00 bits per heavy atom. The first-order valence-corrected chi connectivity index (χ1v) is 1.99. The Morgan fingerprint density at radius 1 is 0.923 bits per heavy atom.